The van der Waals surface area contributed by atoms with E-state index >= 15 is 0 Å². The zero-order chi connectivity index (χ0) is 28.4. The molecule has 0 amide bonds. The molecule has 1 atom stereocenters. The lowest BCUT2D eigenvalue weighted by atomic mass is 9.83. The van der Waals surface area contributed by atoms with E-state index in [0.29, 0.717) is 31.2 Å². The number of benzene rings is 2. The molecule has 39 heavy (non-hydrogen) atoms. The summed E-state index contributed by atoms with van der Waals surface area (Å²) in [5.74, 6) is 2.82. The summed E-state index contributed by atoms with van der Waals surface area (Å²) in [6, 6.07) is 8.67. The summed E-state index contributed by atoms with van der Waals surface area (Å²) >= 11 is 0. The molecule has 0 spiro atoms. The molecule has 1 N–H and O–H groups in total. The maximum atomic E-state index is 12.1. The van der Waals surface area contributed by atoms with Gasteiger partial charge in [0.25, 0.3) is 0 Å². The van der Waals surface area contributed by atoms with Crippen molar-refractivity contribution in [2.75, 3.05) is 34.5 Å². The van der Waals surface area contributed by atoms with E-state index in [-0.39, 0.29) is 11.6 Å². The molecule has 0 radical (unpaired) electrons. The molecule has 0 saturated carbocycles. The smallest absolute Gasteiger partial charge is 0.207 e. The minimum atomic E-state index is -0.231. The number of halogens is 1. The van der Waals surface area contributed by atoms with Crippen molar-refractivity contribution in [2.24, 2.45) is 0 Å². The van der Waals surface area contributed by atoms with E-state index in [0.717, 1.165) is 55.7 Å². The van der Waals surface area contributed by atoms with E-state index in [9.17, 15) is 4.39 Å². The standard InChI is InChI=1S/C23H29NO5.C6H7FO.C2H6/c1-5-10-28-29-20-7-6-15-11-19-17-13-22(26-3)21(25-2)12-16(17)8-9-24(19)14-18(15)23(20)27-4;7-5-2-1-3-6(8)4-5;1-2/h6-7,12-13,19H,5,8-11,14H2,1-4H3;3-4,8H,1-2H2;1-2H3. The second kappa shape index (κ2) is 14.8. The van der Waals surface area contributed by atoms with Crippen molar-refractivity contribution in [1.82, 2.24) is 4.90 Å². The predicted molar refractivity (Wildman–Crippen MR) is 150 cm³/mol. The number of methoxy groups -OCH3 is 3. The van der Waals surface area contributed by atoms with E-state index in [1.807, 2.05) is 26.8 Å². The fourth-order valence-electron chi connectivity index (χ4n) is 5.06. The van der Waals surface area contributed by atoms with Gasteiger partial charge in [0.05, 0.1) is 27.9 Å². The second-order valence-electron chi connectivity index (χ2n) is 9.25. The minimum Gasteiger partial charge on any atom is -0.508 e. The van der Waals surface area contributed by atoms with E-state index in [1.165, 1.54) is 22.3 Å². The van der Waals surface area contributed by atoms with Gasteiger partial charge >= 0.3 is 0 Å². The van der Waals surface area contributed by atoms with Gasteiger partial charge in [-0.2, -0.15) is 4.89 Å². The Kier molecular flexibility index (Phi) is 11.5. The summed E-state index contributed by atoms with van der Waals surface area (Å²) in [4.78, 5) is 13.3. The van der Waals surface area contributed by atoms with Gasteiger partial charge in [-0.05, 0) is 66.6 Å². The normalized spacial score (nSPS) is 17.4. The van der Waals surface area contributed by atoms with Crippen LogP contribution >= 0.6 is 0 Å². The average molecular weight is 544 g/mol. The molecule has 7 nitrogen and oxygen atoms in total. The molecule has 0 saturated heterocycles. The zero-order valence-corrected chi connectivity index (χ0v) is 24.0. The lowest BCUT2D eigenvalue weighted by molar-refractivity contribution is -0.207. The first-order valence-electron chi connectivity index (χ1n) is 13.7. The van der Waals surface area contributed by atoms with E-state index in [2.05, 4.69) is 23.1 Å². The molecule has 2 heterocycles. The molecular weight excluding hydrogens is 501 g/mol. The van der Waals surface area contributed by atoms with Crippen molar-refractivity contribution in [1.29, 1.82) is 0 Å². The number of hydrogen-bond donors (Lipinski definition) is 1. The molecule has 0 fully saturated rings. The van der Waals surface area contributed by atoms with Crippen LogP contribution in [0, 0.1) is 0 Å². The summed E-state index contributed by atoms with van der Waals surface area (Å²) in [6.45, 7) is 8.41. The number of hydrogen-bond acceptors (Lipinski definition) is 7. The van der Waals surface area contributed by atoms with E-state index in [4.69, 9.17) is 29.1 Å². The largest absolute Gasteiger partial charge is 0.508 e. The molecule has 2 aliphatic heterocycles. The van der Waals surface area contributed by atoms with Crippen LogP contribution in [0.2, 0.25) is 0 Å². The van der Waals surface area contributed by atoms with Crippen LogP contribution in [0.5, 0.6) is 23.0 Å². The van der Waals surface area contributed by atoms with Gasteiger partial charge in [-0.1, -0.05) is 26.8 Å². The Morgan fingerprint density at radius 2 is 1.72 bits per heavy atom. The van der Waals surface area contributed by atoms with Crippen LogP contribution in [-0.4, -0.2) is 44.5 Å². The summed E-state index contributed by atoms with van der Waals surface area (Å²) in [5.41, 5.74) is 5.14. The summed E-state index contributed by atoms with van der Waals surface area (Å²) in [5, 5.41) is 8.62. The van der Waals surface area contributed by atoms with Crippen LogP contribution < -0.4 is 19.1 Å². The molecule has 2 aromatic carbocycles. The van der Waals surface area contributed by atoms with Gasteiger partial charge in [-0.3, -0.25) is 4.90 Å². The van der Waals surface area contributed by atoms with Crippen molar-refractivity contribution in [3.63, 3.8) is 0 Å². The Bertz CT molecular complexity index is 1160. The monoisotopic (exact) mass is 543 g/mol. The molecule has 1 unspecified atom stereocenters. The molecular formula is C31H42FNO6. The molecule has 1 aliphatic carbocycles. The number of aliphatic hydroxyl groups is 1. The van der Waals surface area contributed by atoms with Crippen molar-refractivity contribution in [3.05, 3.63) is 70.3 Å². The Morgan fingerprint density at radius 1 is 0.974 bits per heavy atom. The quantitative estimate of drug-likeness (QED) is 0.225. The maximum absolute atomic E-state index is 12.1. The van der Waals surface area contributed by atoms with Crippen molar-refractivity contribution in [2.45, 2.75) is 65.5 Å². The first-order valence-corrected chi connectivity index (χ1v) is 13.7. The summed E-state index contributed by atoms with van der Waals surface area (Å²) in [7, 11) is 5.07. The van der Waals surface area contributed by atoms with Gasteiger partial charge in [0.1, 0.15) is 11.6 Å². The number of fused-ring (bicyclic) bond motifs is 4. The van der Waals surface area contributed by atoms with Crippen LogP contribution in [0.1, 0.15) is 68.3 Å². The van der Waals surface area contributed by atoms with Crippen molar-refractivity contribution >= 4 is 0 Å². The Balaban J connectivity index is 0.000000357. The predicted octanol–water partition coefficient (Wildman–Crippen LogP) is 7.19. The lowest BCUT2D eigenvalue weighted by Crippen LogP contribution is -2.39. The molecule has 2 aromatic rings. The first kappa shape index (κ1) is 30.3. The fourth-order valence-corrected chi connectivity index (χ4v) is 5.06. The van der Waals surface area contributed by atoms with E-state index in [1.54, 1.807) is 27.4 Å². The molecule has 0 bridgehead atoms. The van der Waals surface area contributed by atoms with Gasteiger partial charge in [0.2, 0.25) is 5.75 Å². The number of ether oxygens (including phenoxy) is 3. The molecule has 214 valence electrons. The van der Waals surface area contributed by atoms with Gasteiger partial charge in [-0.25, -0.2) is 4.39 Å². The Hall–Kier alpha value is -3.23. The van der Waals surface area contributed by atoms with Crippen molar-refractivity contribution < 1.29 is 33.5 Å². The van der Waals surface area contributed by atoms with Gasteiger partial charge in [0.15, 0.2) is 17.2 Å². The molecule has 8 heteroatoms. The first-order chi connectivity index (χ1) is 19.0. The third-order valence-corrected chi connectivity index (χ3v) is 6.89. The van der Waals surface area contributed by atoms with Gasteiger partial charge < -0.3 is 24.2 Å². The summed E-state index contributed by atoms with van der Waals surface area (Å²) < 4.78 is 28.9. The minimum absolute atomic E-state index is 0.0498. The van der Waals surface area contributed by atoms with Crippen molar-refractivity contribution in [3.8, 4) is 23.0 Å². The summed E-state index contributed by atoms with van der Waals surface area (Å²) in [6.07, 6.45) is 6.60. The van der Waals surface area contributed by atoms with Crippen LogP contribution in [0.15, 0.2) is 48.0 Å². The van der Waals surface area contributed by atoms with Crippen LogP contribution in [0.25, 0.3) is 0 Å². The molecule has 0 aromatic heterocycles. The highest BCUT2D eigenvalue weighted by atomic mass is 19.1. The van der Waals surface area contributed by atoms with Gasteiger partial charge in [0, 0.05) is 37.2 Å². The Labute approximate surface area is 231 Å². The van der Waals surface area contributed by atoms with Gasteiger partial charge in [-0.15, -0.1) is 0 Å². The zero-order valence-electron chi connectivity index (χ0n) is 24.0. The highest BCUT2D eigenvalue weighted by molar-refractivity contribution is 5.54. The molecule has 5 rings (SSSR count). The number of allylic oxidation sites excluding steroid dienone is 3. The SMILES string of the molecule is CC.CCCOOc1ccc2c(c1OC)CN1CCc3cc(OC)c(OC)cc3C1C2.OC1=CCCC(F)=C1. The molecule has 3 aliphatic rings. The third-order valence-electron chi connectivity index (χ3n) is 6.89. The highest BCUT2D eigenvalue weighted by Gasteiger charge is 2.35. The fraction of sp³-hybridized carbons (Fsp3) is 0.484. The lowest BCUT2D eigenvalue weighted by Gasteiger charge is -2.42. The van der Waals surface area contributed by atoms with Crippen LogP contribution in [-0.2, 0) is 24.3 Å². The Morgan fingerprint density at radius 3 is 2.33 bits per heavy atom. The maximum Gasteiger partial charge on any atom is 0.207 e. The number of aliphatic hydroxyl groups excluding tert-OH is 1. The number of rotatable bonds is 7. The topological polar surface area (TPSA) is 69.6 Å². The van der Waals surface area contributed by atoms with Crippen LogP contribution in [0.3, 0.4) is 0 Å². The number of nitrogens with zero attached hydrogens (tertiary/aromatic N) is 1. The van der Waals surface area contributed by atoms with Crippen LogP contribution in [0.4, 0.5) is 4.39 Å². The highest BCUT2D eigenvalue weighted by Crippen LogP contribution is 2.45. The third kappa shape index (κ3) is 7.25. The van der Waals surface area contributed by atoms with E-state index < -0.39 is 0 Å². The average Bonchev–Trinajstić information content (AvgIpc) is 2.96. The second-order valence-corrected chi connectivity index (χ2v) is 9.25.